The van der Waals surface area contributed by atoms with Crippen LogP contribution in [0.2, 0.25) is 0 Å². The Morgan fingerprint density at radius 1 is 1.23 bits per heavy atom. The van der Waals surface area contributed by atoms with E-state index in [4.69, 9.17) is 0 Å². The Balaban J connectivity index is 0.00000196. The fourth-order valence-corrected chi connectivity index (χ4v) is 3.43. The van der Waals surface area contributed by atoms with Gasteiger partial charge in [-0.25, -0.2) is 4.98 Å². The van der Waals surface area contributed by atoms with Crippen molar-refractivity contribution in [3.05, 3.63) is 66.0 Å². The smallest absolute Gasteiger partial charge is 0.253 e. The van der Waals surface area contributed by atoms with Crippen LogP contribution in [0, 0.1) is 0 Å². The number of likely N-dealkylation sites (N-methyl/N-ethyl adjacent to an activating group) is 1. The van der Waals surface area contributed by atoms with Crippen LogP contribution in [0.4, 0.5) is 0 Å². The zero-order chi connectivity index (χ0) is 17.2. The molecule has 1 unspecified atom stereocenters. The number of nitrogens with one attached hydrogen (secondary N) is 1. The molecule has 136 valence electrons. The van der Waals surface area contributed by atoms with Crippen molar-refractivity contribution in [2.24, 2.45) is 0 Å². The van der Waals surface area contributed by atoms with Gasteiger partial charge in [-0.2, -0.15) is 0 Å². The zero-order valence-electron chi connectivity index (χ0n) is 14.8. The van der Waals surface area contributed by atoms with Crippen LogP contribution in [-0.2, 0) is 6.54 Å². The topological polar surface area (TPSA) is 50.2 Å². The van der Waals surface area contributed by atoms with E-state index in [1.54, 1.807) is 0 Å². The van der Waals surface area contributed by atoms with Gasteiger partial charge in [0.25, 0.3) is 5.91 Å². The molecule has 1 aliphatic heterocycles. The average Bonchev–Trinajstić information content (AvgIpc) is 3.32. The number of nitrogens with zero attached hydrogens (tertiary/aromatic N) is 3. The van der Waals surface area contributed by atoms with E-state index in [-0.39, 0.29) is 18.3 Å². The molecule has 1 saturated heterocycles. The Morgan fingerprint density at radius 3 is 2.73 bits per heavy atom. The minimum Gasteiger partial charge on any atom is -0.337 e. The van der Waals surface area contributed by atoms with Gasteiger partial charge in [-0.15, -0.1) is 12.4 Å². The number of amides is 1. The highest BCUT2D eigenvalue weighted by molar-refractivity contribution is 5.94. The Bertz CT molecular complexity index is 884. The lowest BCUT2D eigenvalue weighted by molar-refractivity contribution is 0.0744. The standard InChI is InChI=1S/C20H22N4O.ClH/c1-23(17-10-11-21-12-17)20(25)16-8-6-15(7-9-16)13-24-14-22-18-4-2-3-5-19(18)24;/h2-9,14,17,21H,10-13H2,1H3;1H. The van der Waals surface area contributed by atoms with Crippen LogP contribution < -0.4 is 5.32 Å². The minimum absolute atomic E-state index is 0. The van der Waals surface area contributed by atoms with Crippen molar-refractivity contribution in [1.82, 2.24) is 19.8 Å². The van der Waals surface area contributed by atoms with Crippen molar-refractivity contribution >= 4 is 29.3 Å². The molecule has 1 aromatic heterocycles. The number of benzene rings is 2. The van der Waals surface area contributed by atoms with Crippen LogP contribution in [0.5, 0.6) is 0 Å². The van der Waals surface area contributed by atoms with Crippen molar-refractivity contribution in [1.29, 1.82) is 0 Å². The first-order valence-corrected chi connectivity index (χ1v) is 8.69. The predicted octanol–water partition coefficient (Wildman–Crippen LogP) is 2.94. The van der Waals surface area contributed by atoms with E-state index >= 15 is 0 Å². The molecule has 0 bridgehead atoms. The summed E-state index contributed by atoms with van der Waals surface area (Å²) in [6.45, 7) is 2.62. The number of hydrogen-bond donors (Lipinski definition) is 1. The van der Waals surface area contributed by atoms with Gasteiger partial charge in [0.05, 0.1) is 17.4 Å². The Kier molecular flexibility index (Phi) is 5.59. The highest BCUT2D eigenvalue weighted by Gasteiger charge is 2.23. The molecule has 1 amide bonds. The average molecular weight is 371 g/mol. The summed E-state index contributed by atoms with van der Waals surface area (Å²) in [5, 5.41) is 3.31. The fourth-order valence-electron chi connectivity index (χ4n) is 3.43. The lowest BCUT2D eigenvalue weighted by Crippen LogP contribution is -2.38. The van der Waals surface area contributed by atoms with Crippen molar-refractivity contribution in [3.8, 4) is 0 Å². The Hall–Kier alpha value is -2.37. The molecular weight excluding hydrogens is 348 g/mol. The number of carbonyl (C=O) groups excluding carboxylic acids is 1. The summed E-state index contributed by atoms with van der Waals surface area (Å²) >= 11 is 0. The first-order valence-electron chi connectivity index (χ1n) is 8.69. The van der Waals surface area contributed by atoms with Gasteiger partial charge in [0.2, 0.25) is 0 Å². The van der Waals surface area contributed by atoms with E-state index in [9.17, 15) is 4.79 Å². The second kappa shape index (κ2) is 7.89. The molecule has 2 aromatic carbocycles. The van der Waals surface area contributed by atoms with Crippen LogP contribution in [0.1, 0.15) is 22.3 Å². The van der Waals surface area contributed by atoms with Crippen molar-refractivity contribution in [2.45, 2.75) is 19.0 Å². The van der Waals surface area contributed by atoms with Crippen molar-refractivity contribution in [2.75, 3.05) is 20.1 Å². The number of para-hydroxylation sites is 2. The maximum Gasteiger partial charge on any atom is 0.253 e. The molecule has 2 heterocycles. The fraction of sp³-hybridized carbons (Fsp3) is 0.300. The number of hydrogen-bond acceptors (Lipinski definition) is 3. The van der Waals surface area contributed by atoms with Crippen LogP contribution in [-0.4, -0.2) is 46.5 Å². The Labute approximate surface area is 159 Å². The van der Waals surface area contributed by atoms with Gasteiger partial charge < -0.3 is 14.8 Å². The van der Waals surface area contributed by atoms with Gasteiger partial charge in [0.15, 0.2) is 0 Å². The molecule has 4 rings (SSSR count). The number of imidazole rings is 1. The highest BCUT2D eigenvalue weighted by Crippen LogP contribution is 2.16. The zero-order valence-corrected chi connectivity index (χ0v) is 15.6. The van der Waals surface area contributed by atoms with E-state index < -0.39 is 0 Å². The quantitative estimate of drug-likeness (QED) is 0.768. The van der Waals surface area contributed by atoms with E-state index in [1.165, 1.54) is 0 Å². The third-order valence-corrected chi connectivity index (χ3v) is 4.98. The van der Waals surface area contributed by atoms with Crippen LogP contribution in [0.3, 0.4) is 0 Å². The molecule has 0 spiro atoms. The molecule has 6 heteroatoms. The summed E-state index contributed by atoms with van der Waals surface area (Å²) in [5.41, 5.74) is 4.02. The summed E-state index contributed by atoms with van der Waals surface area (Å²) in [6, 6.07) is 16.3. The second-order valence-electron chi connectivity index (χ2n) is 6.62. The van der Waals surface area contributed by atoms with Crippen LogP contribution >= 0.6 is 12.4 Å². The number of aromatic nitrogens is 2. The lowest BCUT2D eigenvalue weighted by Gasteiger charge is -2.23. The van der Waals surface area contributed by atoms with Crippen LogP contribution in [0.15, 0.2) is 54.9 Å². The van der Waals surface area contributed by atoms with Gasteiger partial charge in [0, 0.05) is 31.7 Å². The highest BCUT2D eigenvalue weighted by atomic mass is 35.5. The third-order valence-electron chi connectivity index (χ3n) is 4.98. The summed E-state index contributed by atoms with van der Waals surface area (Å²) in [5.74, 6) is 0.0910. The summed E-state index contributed by atoms with van der Waals surface area (Å²) < 4.78 is 2.13. The normalized spacial score (nSPS) is 16.4. The number of halogens is 1. The molecule has 1 atom stereocenters. The summed E-state index contributed by atoms with van der Waals surface area (Å²) in [4.78, 5) is 18.9. The minimum atomic E-state index is 0. The molecule has 1 aliphatic rings. The molecule has 1 fully saturated rings. The van der Waals surface area contributed by atoms with E-state index in [0.29, 0.717) is 6.04 Å². The molecule has 26 heavy (non-hydrogen) atoms. The molecule has 3 aromatic rings. The van der Waals surface area contributed by atoms with E-state index in [1.807, 2.05) is 60.7 Å². The maximum atomic E-state index is 12.6. The molecule has 0 saturated carbocycles. The van der Waals surface area contributed by atoms with Gasteiger partial charge >= 0.3 is 0 Å². The molecule has 1 N–H and O–H groups in total. The van der Waals surface area contributed by atoms with Crippen molar-refractivity contribution in [3.63, 3.8) is 0 Å². The molecule has 0 radical (unpaired) electrons. The summed E-state index contributed by atoms with van der Waals surface area (Å²) in [6.07, 6.45) is 2.89. The van der Waals surface area contributed by atoms with Gasteiger partial charge in [0.1, 0.15) is 0 Å². The Morgan fingerprint density at radius 2 is 2.00 bits per heavy atom. The van der Waals surface area contributed by atoms with Gasteiger partial charge in [-0.1, -0.05) is 24.3 Å². The van der Waals surface area contributed by atoms with Crippen LogP contribution in [0.25, 0.3) is 11.0 Å². The van der Waals surface area contributed by atoms with E-state index in [0.717, 1.165) is 48.2 Å². The lowest BCUT2D eigenvalue weighted by atomic mass is 10.1. The number of rotatable bonds is 4. The van der Waals surface area contributed by atoms with Gasteiger partial charge in [-0.05, 0) is 42.8 Å². The second-order valence-corrected chi connectivity index (χ2v) is 6.62. The summed E-state index contributed by atoms with van der Waals surface area (Å²) in [7, 11) is 1.89. The monoisotopic (exact) mass is 370 g/mol. The first-order chi connectivity index (χ1) is 12.2. The largest absolute Gasteiger partial charge is 0.337 e. The predicted molar refractivity (Wildman–Crippen MR) is 106 cm³/mol. The molecule has 0 aliphatic carbocycles. The maximum absolute atomic E-state index is 12.6. The molecular formula is C20H23ClN4O. The molecule has 5 nitrogen and oxygen atoms in total. The van der Waals surface area contributed by atoms with Gasteiger partial charge in [-0.3, -0.25) is 4.79 Å². The first kappa shape index (κ1) is 18.4. The third kappa shape index (κ3) is 3.59. The number of carbonyl (C=O) groups is 1. The van der Waals surface area contributed by atoms with Crippen molar-refractivity contribution < 1.29 is 4.79 Å². The number of fused-ring (bicyclic) bond motifs is 1. The van der Waals surface area contributed by atoms with E-state index in [2.05, 4.69) is 20.9 Å². The SMILES string of the molecule is CN(C(=O)c1ccc(Cn2cnc3ccccc32)cc1)C1CCNC1.Cl.